The predicted molar refractivity (Wildman–Crippen MR) is 52.2 cm³/mol. The van der Waals surface area contributed by atoms with Gasteiger partial charge in [0.1, 0.15) is 5.82 Å². The fourth-order valence-corrected chi connectivity index (χ4v) is 1.74. The fraction of sp³-hybridized carbons (Fsp3) is 0. The van der Waals surface area contributed by atoms with Crippen molar-refractivity contribution >= 4 is 26.8 Å². The van der Waals surface area contributed by atoms with Gasteiger partial charge < -0.3 is 4.98 Å². The normalized spacial score (nSPS) is 10.6. The molecule has 1 aromatic carbocycles. The summed E-state index contributed by atoms with van der Waals surface area (Å²) in [5, 5.41) is 0.350. The monoisotopic (exact) mass is 241 g/mol. The fourth-order valence-electron chi connectivity index (χ4n) is 1.22. The van der Waals surface area contributed by atoms with Gasteiger partial charge in [-0.15, -0.1) is 0 Å². The van der Waals surface area contributed by atoms with Crippen molar-refractivity contribution in [2.45, 2.75) is 0 Å². The van der Waals surface area contributed by atoms with Gasteiger partial charge in [-0.3, -0.25) is 4.79 Å². The first-order valence-electron chi connectivity index (χ1n) is 3.65. The second-order valence-corrected chi connectivity index (χ2v) is 3.48. The molecule has 1 heterocycles. The third-order valence-electron chi connectivity index (χ3n) is 1.81. The van der Waals surface area contributed by atoms with Crippen LogP contribution in [0, 0.1) is 5.82 Å². The van der Waals surface area contributed by atoms with Gasteiger partial charge in [-0.1, -0.05) is 0 Å². The highest BCUT2D eigenvalue weighted by Gasteiger charge is 2.06. The SMILES string of the molecule is O=c1cc[nH]c2c(F)ccc(Br)c12. The summed E-state index contributed by atoms with van der Waals surface area (Å²) < 4.78 is 13.8. The number of benzene rings is 1. The van der Waals surface area contributed by atoms with Gasteiger partial charge in [0, 0.05) is 16.7 Å². The van der Waals surface area contributed by atoms with Crippen LogP contribution in [-0.4, -0.2) is 4.98 Å². The molecule has 0 aliphatic heterocycles. The quantitative estimate of drug-likeness (QED) is 0.756. The zero-order chi connectivity index (χ0) is 9.42. The van der Waals surface area contributed by atoms with Crippen molar-refractivity contribution in [2.75, 3.05) is 0 Å². The van der Waals surface area contributed by atoms with E-state index in [1.807, 2.05) is 0 Å². The summed E-state index contributed by atoms with van der Waals surface area (Å²) in [7, 11) is 0. The molecule has 0 radical (unpaired) electrons. The van der Waals surface area contributed by atoms with Crippen LogP contribution in [0.25, 0.3) is 10.9 Å². The molecule has 0 aliphatic carbocycles. The number of hydrogen-bond donors (Lipinski definition) is 1. The Morgan fingerprint density at radius 2 is 2.08 bits per heavy atom. The number of hydrogen-bond acceptors (Lipinski definition) is 1. The van der Waals surface area contributed by atoms with E-state index >= 15 is 0 Å². The molecule has 2 aromatic rings. The lowest BCUT2D eigenvalue weighted by Crippen LogP contribution is -2.02. The summed E-state index contributed by atoms with van der Waals surface area (Å²) in [6.45, 7) is 0. The molecule has 0 aliphatic rings. The van der Waals surface area contributed by atoms with Crippen LogP contribution in [0.5, 0.6) is 0 Å². The van der Waals surface area contributed by atoms with Crippen molar-refractivity contribution in [2.24, 2.45) is 0 Å². The lowest BCUT2D eigenvalue weighted by Gasteiger charge is -1.99. The maximum atomic E-state index is 13.2. The zero-order valence-electron chi connectivity index (χ0n) is 6.47. The first-order chi connectivity index (χ1) is 6.20. The molecule has 0 amide bonds. The molecule has 2 rings (SSSR count). The highest BCUT2D eigenvalue weighted by atomic mass is 79.9. The minimum atomic E-state index is -0.420. The first-order valence-corrected chi connectivity index (χ1v) is 4.45. The summed E-state index contributed by atoms with van der Waals surface area (Å²) in [4.78, 5) is 14.0. The second-order valence-electron chi connectivity index (χ2n) is 2.62. The third kappa shape index (κ3) is 1.27. The minimum Gasteiger partial charge on any atom is -0.359 e. The van der Waals surface area contributed by atoms with Crippen molar-refractivity contribution in [1.29, 1.82) is 0 Å². The van der Waals surface area contributed by atoms with E-state index in [1.54, 1.807) is 0 Å². The van der Waals surface area contributed by atoms with Crippen LogP contribution in [0.2, 0.25) is 0 Å². The molecule has 13 heavy (non-hydrogen) atoms. The second kappa shape index (κ2) is 2.96. The molecule has 1 aromatic heterocycles. The number of halogens is 2. The highest BCUT2D eigenvalue weighted by Crippen LogP contribution is 2.21. The smallest absolute Gasteiger partial charge is 0.190 e. The average Bonchev–Trinajstić information content (AvgIpc) is 2.12. The van der Waals surface area contributed by atoms with E-state index in [1.165, 1.54) is 24.4 Å². The lowest BCUT2D eigenvalue weighted by molar-refractivity contribution is 0.636. The molecule has 4 heteroatoms. The highest BCUT2D eigenvalue weighted by molar-refractivity contribution is 9.10. The van der Waals surface area contributed by atoms with Gasteiger partial charge >= 0.3 is 0 Å². The maximum absolute atomic E-state index is 13.2. The molecule has 2 nitrogen and oxygen atoms in total. The molecule has 1 N–H and O–H groups in total. The van der Waals surface area contributed by atoms with Gasteiger partial charge in [-0.25, -0.2) is 4.39 Å². The summed E-state index contributed by atoms with van der Waals surface area (Å²) in [5.41, 5.74) is 0.0435. The van der Waals surface area contributed by atoms with E-state index in [4.69, 9.17) is 0 Å². The number of aromatic nitrogens is 1. The van der Waals surface area contributed by atoms with E-state index in [-0.39, 0.29) is 10.9 Å². The Bertz CT molecular complexity index is 520. The zero-order valence-corrected chi connectivity index (χ0v) is 8.06. The Kier molecular flexibility index (Phi) is 1.92. The van der Waals surface area contributed by atoms with E-state index < -0.39 is 5.82 Å². The number of pyridine rings is 1. The molecule has 0 bridgehead atoms. The van der Waals surface area contributed by atoms with Crippen LogP contribution in [-0.2, 0) is 0 Å². The van der Waals surface area contributed by atoms with Crippen LogP contribution in [0.4, 0.5) is 4.39 Å². The van der Waals surface area contributed by atoms with Gasteiger partial charge in [-0.05, 0) is 28.1 Å². The average molecular weight is 242 g/mol. The van der Waals surface area contributed by atoms with Crippen molar-refractivity contribution in [1.82, 2.24) is 4.98 Å². The number of nitrogens with one attached hydrogen (secondary N) is 1. The van der Waals surface area contributed by atoms with Gasteiger partial charge in [0.05, 0.1) is 10.9 Å². The van der Waals surface area contributed by atoms with E-state index in [0.29, 0.717) is 9.86 Å². The first kappa shape index (κ1) is 8.44. The van der Waals surface area contributed by atoms with E-state index in [0.717, 1.165) is 0 Å². The molecule has 0 atom stereocenters. The van der Waals surface area contributed by atoms with Crippen LogP contribution < -0.4 is 5.43 Å². The number of rotatable bonds is 0. The van der Waals surface area contributed by atoms with Gasteiger partial charge in [0.2, 0.25) is 0 Å². The molecule has 0 spiro atoms. The molecule has 66 valence electrons. The van der Waals surface area contributed by atoms with Gasteiger partial charge in [0.15, 0.2) is 5.43 Å². The summed E-state index contributed by atoms with van der Waals surface area (Å²) in [5.74, 6) is -0.420. The molecule has 0 saturated heterocycles. The summed E-state index contributed by atoms with van der Waals surface area (Å²) in [6.07, 6.45) is 1.43. The molecular weight excluding hydrogens is 237 g/mol. The summed E-state index contributed by atoms with van der Waals surface area (Å²) in [6, 6.07) is 4.20. The Labute approximate surface area is 81.5 Å². The minimum absolute atomic E-state index is 0.194. The topological polar surface area (TPSA) is 32.9 Å². The summed E-state index contributed by atoms with van der Waals surface area (Å²) >= 11 is 3.20. The van der Waals surface area contributed by atoms with Crippen molar-refractivity contribution in [3.8, 4) is 0 Å². The van der Waals surface area contributed by atoms with Gasteiger partial charge in [-0.2, -0.15) is 0 Å². The predicted octanol–water partition coefficient (Wildman–Crippen LogP) is 2.43. The molecule has 0 saturated carbocycles. The van der Waals surface area contributed by atoms with Crippen LogP contribution >= 0.6 is 15.9 Å². The van der Waals surface area contributed by atoms with Gasteiger partial charge in [0.25, 0.3) is 0 Å². The van der Waals surface area contributed by atoms with Crippen LogP contribution in [0.1, 0.15) is 0 Å². The van der Waals surface area contributed by atoms with E-state index in [2.05, 4.69) is 20.9 Å². The van der Waals surface area contributed by atoms with Crippen molar-refractivity contribution < 1.29 is 4.39 Å². The molecule has 0 unspecified atom stereocenters. The Morgan fingerprint density at radius 3 is 2.77 bits per heavy atom. The van der Waals surface area contributed by atoms with Crippen molar-refractivity contribution in [3.05, 3.63) is 44.9 Å². The standard InChI is InChI=1S/C9H5BrFNO/c10-5-1-2-6(11)9-8(5)7(13)3-4-12-9/h1-4H,(H,12,13). The number of aromatic amines is 1. The Hall–Kier alpha value is -1.16. The lowest BCUT2D eigenvalue weighted by atomic mass is 10.2. The Morgan fingerprint density at radius 1 is 1.31 bits per heavy atom. The molecule has 0 fully saturated rings. The van der Waals surface area contributed by atoms with E-state index in [9.17, 15) is 9.18 Å². The molecular formula is C9H5BrFNO. The van der Waals surface area contributed by atoms with Crippen LogP contribution in [0.3, 0.4) is 0 Å². The largest absolute Gasteiger partial charge is 0.359 e. The third-order valence-corrected chi connectivity index (χ3v) is 2.47. The number of H-pyrrole nitrogens is 1. The van der Waals surface area contributed by atoms with Crippen LogP contribution in [0.15, 0.2) is 33.7 Å². The number of fused-ring (bicyclic) bond motifs is 1. The van der Waals surface area contributed by atoms with Crippen molar-refractivity contribution in [3.63, 3.8) is 0 Å². The Balaban J connectivity index is 3.09. The maximum Gasteiger partial charge on any atom is 0.190 e.